The van der Waals surface area contributed by atoms with Crippen LogP contribution in [0.25, 0.3) is 0 Å². The van der Waals surface area contributed by atoms with E-state index in [1.165, 1.54) is 38.5 Å². The fourth-order valence-electron chi connectivity index (χ4n) is 2.57. The highest BCUT2D eigenvalue weighted by molar-refractivity contribution is 7.82. The van der Waals surface area contributed by atoms with Crippen LogP contribution in [0.1, 0.15) is 84.0 Å². The Morgan fingerprint density at radius 3 is 2.00 bits per heavy atom. The SMILES string of the molecule is CCCCCCCCCCCCOS(=O)(=O)OC(=O)[C@@H](N)CCCN=C(N)N. The van der Waals surface area contributed by atoms with Gasteiger partial charge in [0.2, 0.25) is 0 Å². The molecule has 0 bridgehead atoms. The van der Waals surface area contributed by atoms with Gasteiger partial charge in [0.1, 0.15) is 6.04 Å². The number of hydrogen-bond acceptors (Lipinski definition) is 7. The molecule has 0 unspecified atom stereocenters. The van der Waals surface area contributed by atoms with Gasteiger partial charge in [-0.2, -0.15) is 8.42 Å². The zero-order valence-electron chi connectivity index (χ0n) is 17.1. The minimum Gasteiger partial charge on any atom is -0.370 e. The lowest BCUT2D eigenvalue weighted by molar-refractivity contribution is -0.136. The summed E-state index contributed by atoms with van der Waals surface area (Å²) in [5.41, 5.74) is 15.9. The van der Waals surface area contributed by atoms with Crippen LogP contribution in [0, 0.1) is 0 Å². The first kappa shape index (κ1) is 26.6. The van der Waals surface area contributed by atoms with Crippen LogP contribution in [0.2, 0.25) is 0 Å². The summed E-state index contributed by atoms with van der Waals surface area (Å²) >= 11 is 0. The van der Waals surface area contributed by atoms with Crippen LogP contribution in [-0.2, 0) is 23.6 Å². The summed E-state index contributed by atoms with van der Waals surface area (Å²) in [6, 6.07) is -1.08. The van der Waals surface area contributed by atoms with Gasteiger partial charge in [-0.25, -0.2) is 8.98 Å². The third-order valence-corrected chi connectivity index (χ3v) is 5.00. The first-order valence-electron chi connectivity index (χ1n) is 10.2. The van der Waals surface area contributed by atoms with Gasteiger partial charge in [-0.3, -0.25) is 4.99 Å². The van der Waals surface area contributed by atoms with Crippen molar-refractivity contribution >= 4 is 22.3 Å². The lowest BCUT2D eigenvalue weighted by Gasteiger charge is -2.10. The van der Waals surface area contributed by atoms with Crippen LogP contribution < -0.4 is 17.2 Å². The Hall–Kier alpha value is -1.39. The molecule has 0 aliphatic carbocycles. The van der Waals surface area contributed by atoms with Crippen molar-refractivity contribution in [3.05, 3.63) is 0 Å². The van der Waals surface area contributed by atoms with Gasteiger partial charge in [0.15, 0.2) is 5.96 Å². The van der Waals surface area contributed by atoms with Gasteiger partial charge in [0, 0.05) is 6.54 Å². The largest absolute Gasteiger partial charge is 0.451 e. The maximum Gasteiger partial charge on any atom is 0.451 e. The third kappa shape index (κ3) is 16.8. The molecule has 0 radical (unpaired) electrons. The summed E-state index contributed by atoms with van der Waals surface area (Å²) in [5.74, 6) is -1.10. The van der Waals surface area contributed by atoms with Crippen molar-refractivity contribution in [2.24, 2.45) is 22.2 Å². The van der Waals surface area contributed by atoms with Crippen molar-refractivity contribution in [1.82, 2.24) is 0 Å². The fourth-order valence-corrected chi connectivity index (χ4v) is 3.27. The molecule has 0 saturated heterocycles. The number of hydrogen-bond donors (Lipinski definition) is 3. The maximum atomic E-state index is 11.7. The maximum absolute atomic E-state index is 11.7. The normalized spacial score (nSPS) is 12.5. The van der Waals surface area contributed by atoms with Crippen molar-refractivity contribution < 1.29 is 21.6 Å². The van der Waals surface area contributed by atoms with E-state index in [-0.39, 0.29) is 19.0 Å². The quantitative estimate of drug-likeness (QED) is 0.172. The van der Waals surface area contributed by atoms with E-state index in [1.54, 1.807) is 0 Å². The Labute approximate surface area is 169 Å². The summed E-state index contributed by atoms with van der Waals surface area (Å²) in [5, 5.41) is 0. The number of guanidine groups is 1. The number of nitrogens with two attached hydrogens (primary N) is 3. The second-order valence-electron chi connectivity index (χ2n) is 6.87. The number of carbonyl (C=O) groups is 1. The smallest absolute Gasteiger partial charge is 0.370 e. The van der Waals surface area contributed by atoms with Gasteiger partial charge in [0.05, 0.1) is 6.61 Å². The molecule has 10 heteroatoms. The highest BCUT2D eigenvalue weighted by atomic mass is 32.3. The van der Waals surface area contributed by atoms with E-state index in [1.807, 2.05) is 0 Å². The molecule has 0 saturated carbocycles. The topological polar surface area (TPSA) is 160 Å². The molecule has 0 aromatic carbocycles. The monoisotopic (exact) mass is 422 g/mol. The highest BCUT2D eigenvalue weighted by Crippen LogP contribution is 2.11. The van der Waals surface area contributed by atoms with Gasteiger partial charge >= 0.3 is 16.4 Å². The van der Waals surface area contributed by atoms with Crippen molar-refractivity contribution in [1.29, 1.82) is 0 Å². The van der Waals surface area contributed by atoms with E-state index in [0.29, 0.717) is 19.4 Å². The number of carbonyl (C=O) groups excluding carboxylic acids is 1. The second-order valence-corrected chi connectivity index (χ2v) is 8.09. The molecular formula is C18H38N4O5S. The van der Waals surface area contributed by atoms with Gasteiger partial charge in [-0.05, 0) is 19.3 Å². The van der Waals surface area contributed by atoms with Crippen molar-refractivity contribution in [3.63, 3.8) is 0 Å². The molecule has 28 heavy (non-hydrogen) atoms. The molecule has 0 spiro atoms. The molecule has 6 N–H and O–H groups in total. The van der Waals surface area contributed by atoms with Crippen molar-refractivity contribution in [2.45, 2.75) is 90.0 Å². The van der Waals surface area contributed by atoms with Crippen LogP contribution in [0.4, 0.5) is 0 Å². The lowest BCUT2D eigenvalue weighted by Crippen LogP contribution is -2.34. The van der Waals surface area contributed by atoms with Crippen LogP contribution in [0.3, 0.4) is 0 Å². The van der Waals surface area contributed by atoms with Crippen LogP contribution in [0.5, 0.6) is 0 Å². The van der Waals surface area contributed by atoms with Gasteiger partial charge in [-0.15, -0.1) is 0 Å². The molecular weight excluding hydrogens is 384 g/mol. The third-order valence-electron chi connectivity index (χ3n) is 4.18. The predicted octanol–water partition coefficient (Wildman–Crippen LogP) is 2.09. The van der Waals surface area contributed by atoms with Crippen LogP contribution in [-0.4, -0.2) is 39.5 Å². The van der Waals surface area contributed by atoms with E-state index in [9.17, 15) is 13.2 Å². The van der Waals surface area contributed by atoms with Gasteiger partial charge in [0.25, 0.3) is 0 Å². The Morgan fingerprint density at radius 1 is 0.929 bits per heavy atom. The number of aliphatic imine (C=N–C) groups is 1. The second kappa shape index (κ2) is 16.6. The van der Waals surface area contributed by atoms with E-state index >= 15 is 0 Å². The zero-order valence-corrected chi connectivity index (χ0v) is 17.9. The Balaban J connectivity index is 3.76. The summed E-state index contributed by atoms with van der Waals surface area (Å²) in [7, 11) is -4.38. The van der Waals surface area contributed by atoms with Crippen molar-refractivity contribution in [3.8, 4) is 0 Å². The molecule has 0 aromatic heterocycles. The first-order valence-corrected chi connectivity index (χ1v) is 11.6. The molecule has 0 amide bonds. The van der Waals surface area contributed by atoms with Gasteiger partial charge < -0.3 is 21.4 Å². The molecule has 1 atom stereocenters. The molecule has 0 fully saturated rings. The number of rotatable bonds is 18. The number of unbranched alkanes of at least 4 members (excludes halogenated alkanes) is 9. The van der Waals surface area contributed by atoms with E-state index in [4.69, 9.17) is 21.4 Å². The predicted molar refractivity (Wildman–Crippen MR) is 111 cm³/mol. The lowest BCUT2D eigenvalue weighted by atomic mass is 10.1. The van der Waals surface area contributed by atoms with Crippen LogP contribution in [0.15, 0.2) is 4.99 Å². The first-order chi connectivity index (χ1) is 13.3. The summed E-state index contributed by atoms with van der Waals surface area (Å²) in [6.45, 7) is 2.49. The zero-order chi connectivity index (χ0) is 21.3. The summed E-state index contributed by atoms with van der Waals surface area (Å²) < 4.78 is 32.4. The number of nitrogens with zero attached hydrogens (tertiary/aromatic N) is 1. The van der Waals surface area contributed by atoms with E-state index in [2.05, 4.69) is 16.1 Å². The minimum atomic E-state index is -4.38. The fraction of sp³-hybridized carbons (Fsp3) is 0.889. The van der Waals surface area contributed by atoms with Gasteiger partial charge in [-0.1, -0.05) is 64.7 Å². The van der Waals surface area contributed by atoms with Crippen molar-refractivity contribution in [2.75, 3.05) is 13.2 Å². The minimum absolute atomic E-state index is 0.00809. The molecule has 9 nitrogen and oxygen atoms in total. The van der Waals surface area contributed by atoms with Crippen LogP contribution >= 0.6 is 0 Å². The summed E-state index contributed by atoms with van der Waals surface area (Å²) in [4.78, 5) is 15.4. The molecule has 0 rings (SSSR count). The van der Waals surface area contributed by atoms with E-state index < -0.39 is 22.4 Å². The molecule has 0 aliphatic rings. The Bertz CT molecular complexity index is 536. The highest BCUT2D eigenvalue weighted by Gasteiger charge is 2.23. The molecule has 0 aliphatic heterocycles. The average Bonchev–Trinajstić information content (AvgIpc) is 2.62. The molecule has 166 valence electrons. The standard InChI is InChI=1S/C18H38N4O5S/c1-2-3-4-5-6-7-8-9-10-11-15-26-28(24,25)27-17(23)16(19)13-12-14-22-18(20)21/h16H,2-15,19H2,1H3,(H4,20,21,22)/t16-/m0/s1. The molecule has 0 heterocycles. The summed E-state index contributed by atoms with van der Waals surface area (Å²) in [6.07, 6.45) is 11.9. The van der Waals surface area contributed by atoms with E-state index in [0.717, 1.165) is 19.3 Å². The Kier molecular flexibility index (Phi) is 15.7. The average molecular weight is 423 g/mol. The molecule has 0 aromatic rings. The Morgan fingerprint density at radius 2 is 1.46 bits per heavy atom.